The lowest BCUT2D eigenvalue weighted by atomic mass is 10.0. The molecule has 0 fully saturated rings. The number of nitrogens with zero attached hydrogens (tertiary/aromatic N) is 2. The molecule has 0 radical (unpaired) electrons. The third-order valence-electron chi connectivity index (χ3n) is 4.41. The smallest absolute Gasteiger partial charge is 0.220 e. The van der Waals surface area contributed by atoms with Gasteiger partial charge in [-0.2, -0.15) is 10.2 Å². The number of rotatable bonds is 19. The van der Waals surface area contributed by atoms with E-state index in [0.29, 0.717) is 72.2 Å². The molecule has 1 unspecified atom stereocenters. The van der Waals surface area contributed by atoms with E-state index in [1.807, 2.05) is 43.3 Å². The summed E-state index contributed by atoms with van der Waals surface area (Å²) in [5.41, 5.74) is 7.94. The van der Waals surface area contributed by atoms with Crippen molar-refractivity contribution in [1.82, 2.24) is 5.32 Å². The number of nitrogens with two attached hydrogens (primary N) is 1. The van der Waals surface area contributed by atoms with Gasteiger partial charge in [0.1, 0.15) is 0 Å². The Balaban J connectivity index is 1.84. The summed E-state index contributed by atoms with van der Waals surface area (Å²) in [6.07, 6.45) is 2.87. The zero-order valence-electron chi connectivity index (χ0n) is 19.3. The Labute approximate surface area is 191 Å². The molecular weight excluding hydrogens is 412 g/mol. The lowest BCUT2D eigenvalue weighted by Crippen LogP contribution is -2.28. The van der Waals surface area contributed by atoms with Gasteiger partial charge in [0, 0.05) is 26.1 Å². The second-order valence-corrected chi connectivity index (χ2v) is 6.88. The van der Waals surface area contributed by atoms with E-state index < -0.39 is 0 Å². The maximum Gasteiger partial charge on any atom is 0.220 e. The lowest BCUT2D eigenvalue weighted by molar-refractivity contribution is -0.121. The minimum absolute atomic E-state index is 0.0194. The molecule has 0 saturated heterocycles. The molecule has 0 aliphatic rings. The molecule has 3 N–H and O–H groups in total. The standard InChI is InChI=1S/C23H38N4O5/c1-3-21(27-25-2)19-32-18-17-31-16-15-30-14-13-29-12-11-26-23(28)10-9-22(24)20-7-5-4-6-8-20/h3-8,22H,9-19,24H2,1-2H3,(H,26,28)/b21-3-,27-25?. The maximum absolute atomic E-state index is 11.9. The first kappa shape index (κ1) is 27.9. The van der Waals surface area contributed by atoms with E-state index in [1.165, 1.54) is 0 Å². The normalized spacial score (nSPS) is 12.9. The first-order chi connectivity index (χ1) is 15.7. The summed E-state index contributed by atoms with van der Waals surface area (Å²) in [6, 6.07) is 9.66. The summed E-state index contributed by atoms with van der Waals surface area (Å²) < 4.78 is 21.7. The van der Waals surface area contributed by atoms with Gasteiger partial charge in [-0.1, -0.05) is 36.4 Å². The van der Waals surface area contributed by atoms with Crippen molar-refractivity contribution in [3.8, 4) is 0 Å². The molecule has 180 valence electrons. The number of ether oxygens (including phenoxy) is 4. The van der Waals surface area contributed by atoms with Gasteiger partial charge in [-0.05, 0) is 18.9 Å². The highest BCUT2D eigenvalue weighted by Gasteiger charge is 2.08. The van der Waals surface area contributed by atoms with Crippen LogP contribution < -0.4 is 11.1 Å². The number of hydrogen-bond donors (Lipinski definition) is 2. The molecule has 0 saturated carbocycles. The number of azo groups is 1. The van der Waals surface area contributed by atoms with Crippen molar-refractivity contribution in [2.45, 2.75) is 25.8 Å². The number of carbonyl (C=O) groups excluding carboxylic acids is 1. The van der Waals surface area contributed by atoms with Gasteiger partial charge < -0.3 is 30.0 Å². The van der Waals surface area contributed by atoms with E-state index in [-0.39, 0.29) is 11.9 Å². The lowest BCUT2D eigenvalue weighted by Gasteiger charge is -2.12. The van der Waals surface area contributed by atoms with Crippen LogP contribution in [-0.4, -0.2) is 72.4 Å². The van der Waals surface area contributed by atoms with E-state index in [9.17, 15) is 4.79 Å². The fourth-order valence-electron chi connectivity index (χ4n) is 2.64. The Kier molecular flexibility index (Phi) is 17.0. The molecule has 0 aromatic heterocycles. The molecule has 1 aromatic carbocycles. The summed E-state index contributed by atoms with van der Waals surface area (Å²) in [4.78, 5) is 11.9. The van der Waals surface area contributed by atoms with Gasteiger partial charge in [0.25, 0.3) is 0 Å². The highest BCUT2D eigenvalue weighted by atomic mass is 16.6. The Bertz CT molecular complexity index is 655. The second kappa shape index (κ2) is 19.5. The van der Waals surface area contributed by atoms with Gasteiger partial charge in [0.05, 0.1) is 58.6 Å². The minimum atomic E-state index is -0.129. The van der Waals surface area contributed by atoms with Crippen LogP contribution in [0.1, 0.15) is 31.4 Å². The summed E-state index contributed by atoms with van der Waals surface area (Å²) in [6.45, 7) is 6.15. The molecule has 0 spiro atoms. The SMILES string of the molecule is C/C=C(/COCCOCCOCCOCCNC(=O)CCC(N)c1ccccc1)N=NC. The molecule has 1 amide bonds. The largest absolute Gasteiger partial charge is 0.377 e. The number of benzene rings is 1. The van der Waals surface area contributed by atoms with Gasteiger partial charge in [0.15, 0.2) is 0 Å². The highest BCUT2D eigenvalue weighted by Crippen LogP contribution is 2.14. The summed E-state index contributed by atoms with van der Waals surface area (Å²) in [7, 11) is 1.63. The van der Waals surface area contributed by atoms with E-state index in [2.05, 4.69) is 15.5 Å². The van der Waals surface area contributed by atoms with Crippen molar-refractivity contribution in [2.24, 2.45) is 16.0 Å². The maximum atomic E-state index is 11.9. The first-order valence-corrected chi connectivity index (χ1v) is 11.0. The Morgan fingerprint density at radius 1 is 1.00 bits per heavy atom. The molecule has 9 heteroatoms. The first-order valence-electron chi connectivity index (χ1n) is 11.0. The number of hydrogen-bond acceptors (Lipinski definition) is 8. The van der Waals surface area contributed by atoms with Gasteiger partial charge in [-0.3, -0.25) is 4.79 Å². The molecule has 9 nitrogen and oxygen atoms in total. The van der Waals surface area contributed by atoms with Gasteiger partial charge in [-0.25, -0.2) is 0 Å². The summed E-state index contributed by atoms with van der Waals surface area (Å²) in [5.74, 6) is -0.0194. The predicted molar refractivity (Wildman–Crippen MR) is 123 cm³/mol. The van der Waals surface area contributed by atoms with Crippen molar-refractivity contribution < 1.29 is 23.7 Å². The average molecular weight is 451 g/mol. The van der Waals surface area contributed by atoms with Crippen LogP contribution in [0.25, 0.3) is 0 Å². The average Bonchev–Trinajstić information content (AvgIpc) is 2.82. The molecule has 1 atom stereocenters. The zero-order chi connectivity index (χ0) is 23.3. The van der Waals surface area contributed by atoms with Crippen molar-refractivity contribution in [1.29, 1.82) is 0 Å². The third kappa shape index (κ3) is 14.8. The molecule has 0 heterocycles. The number of amides is 1. The molecule has 1 rings (SSSR count). The van der Waals surface area contributed by atoms with Crippen LogP contribution in [0.4, 0.5) is 0 Å². The Morgan fingerprint density at radius 2 is 1.59 bits per heavy atom. The van der Waals surface area contributed by atoms with Crippen molar-refractivity contribution in [2.75, 3.05) is 66.4 Å². The van der Waals surface area contributed by atoms with Crippen molar-refractivity contribution >= 4 is 5.91 Å². The molecule has 1 aromatic rings. The van der Waals surface area contributed by atoms with Crippen LogP contribution in [-0.2, 0) is 23.7 Å². The number of nitrogens with one attached hydrogen (secondary N) is 1. The minimum Gasteiger partial charge on any atom is -0.377 e. The zero-order valence-corrected chi connectivity index (χ0v) is 19.3. The third-order valence-corrected chi connectivity index (χ3v) is 4.41. The fourth-order valence-corrected chi connectivity index (χ4v) is 2.64. The summed E-state index contributed by atoms with van der Waals surface area (Å²) in [5, 5.41) is 10.5. The van der Waals surface area contributed by atoms with Crippen molar-refractivity contribution in [3.05, 3.63) is 47.7 Å². The predicted octanol–water partition coefficient (Wildman–Crippen LogP) is 2.64. The molecule has 0 bridgehead atoms. The molecule has 0 aliphatic heterocycles. The van der Waals surface area contributed by atoms with Crippen LogP contribution in [0.2, 0.25) is 0 Å². The quantitative estimate of drug-likeness (QED) is 0.247. The number of allylic oxidation sites excluding steroid dienone is 1. The second-order valence-electron chi connectivity index (χ2n) is 6.88. The van der Waals surface area contributed by atoms with Crippen LogP contribution in [0.15, 0.2) is 52.3 Å². The topological polar surface area (TPSA) is 117 Å². The van der Waals surface area contributed by atoms with Gasteiger partial charge in [0.2, 0.25) is 5.91 Å². The number of carbonyl (C=O) groups is 1. The highest BCUT2D eigenvalue weighted by molar-refractivity contribution is 5.75. The van der Waals surface area contributed by atoms with E-state index in [1.54, 1.807) is 7.05 Å². The molecular formula is C23H38N4O5. The Hall–Kier alpha value is -2.17. The van der Waals surface area contributed by atoms with Crippen LogP contribution >= 0.6 is 0 Å². The van der Waals surface area contributed by atoms with Crippen LogP contribution in [0.3, 0.4) is 0 Å². The fraction of sp³-hybridized carbons (Fsp3) is 0.609. The van der Waals surface area contributed by atoms with Crippen LogP contribution in [0, 0.1) is 0 Å². The monoisotopic (exact) mass is 450 g/mol. The molecule has 32 heavy (non-hydrogen) atoms. The van der Waals surface area contributed by atoms with E-state index >= 15 is 0 Å². The van der Waals surface area contributed by atoms with E-state index in [4.69, 9.17) is 24.7 Å². The van der Waals surface area contributed by atoms with Gasteiger partial charge >= 0.3 is 0 Å². The van der Waals surface area contributed by atoms with Crippen LogP contribution in [0.5, 0.6) is 0 Å². The van der Waals surface area contributed by atoms with Crippen molar-refractivity contribution in [3.63, 3.8) is 0 Å². The summed E-state index contributed by atoms with van der Waals surface area (Å²) >= 11 is 0. The Morgan fingerprint density at radius 3 is 2.19 bits per heavy atom. The molecule has 0 aliphatic carbocycles. The van der Waals surface area contributed by atoms with E-state index in [0.717, 1.165) is 11.3 Å². The van der Waals surface area contributed by atoms with Gasteiger partial charge in [-0.15, -0.1) is 0 Å².